The van der Waals surface area contributed by atoms with Gasteiger partial charge in [-0.15, -0.1) is 0 Å². The molecule has 1 heterocycles. The summed E-state index contributed by atoms with van der Waals surface area (Å²) in [7, 11) is 0. The predicted octanol–water partition coefficient (Wildman–Crippen LogP) is 2.58. The first kappa shape index (κ1) is 12.8. The maximum absolute atomic E-state index is 12.0. The van der Waals surface area contributed by atoms with Gasteiger partial charge in [0.15, 0.2) is 0 Å². The molecule has 3 rings (SSSR count). The number of imide groups is 2. The van der Waals surface area contributed by atoms with E-state index in [4.69, 9.17) is 0 Å². The number of hydrogen-bond acceptors (Lipinski definition) is 3. The summed E-state index contributed by atoms with van der Waals surface area (Å²) < 4.78 is 0.873. The molecular weight excluding hydrogens is 324 g/mol. The highest BCUT2D eigenvalue weighted by atomic mass is 79.9. The van der Waals surface area contributed by atoms with Crippen molar-refractivity contribution in [2.75, 3.05) is 4.90 Å². The van der Waals surface area contributed by atoms with E-state index in [-0.39, 0.29) is 6.42 Å². The third-order valence-electron chi connectivity index (χ3n) is 3.10. The van der Waals surface area contributed by atoms with Gasteiger partial charge in [-0.3, -0.25) is 14.9 Å². The van der Waals surface area contributed by atoms with Gasteiger partial charge in [0.1, 0.15) is 6.42 Å². The SMILES string of the molecule is O=C1CC(=O)N(c2ccc(Br)c3ccccc23)C(=O)N1. The molecule has 0 bridgehead atoms. The second-order valence-electron chi connectivity index (χ2n) is 4.37. The maximum atomic E-state index is 12.0. The van der Waals surface area contributed by atoms with Crippen LogP contribution in [0.25, 0.3) is 10.8 Å². The Morgan fingerprint density at radius 1 is 1.00 bits per heavy atom. The fraction of sp³-hybridized carbons (Fsp3) is 0.0714. The van der Waals surface area contributed by atoms with Crippen molar-refractivity contribution in [3.8, 4) is 0 Å². The van der Waals surface area contributed by atoms with Crippen molar-refractivity contribution >= 4 is 50.2 Å². The van der Waals surface area contributed by atoms with E-state index in [1.165, 1.54) is 0 Å². The fourth-order valence-corrected chi connectivity index (χ4v) is 2.71. The van der Waals surface area contributed by atoms with Crippen LogP contribution >= 0.6 is 15.9 Å². The van der Waals surface area contributed by atoms with Crippen LogP contribution in [-0.2, 0) is 9.59 Å². The monoisotopic (exact) mass is 332 g/mol. The molecule has 0 saturated carbocycles. The lowest BCUT2D eigenvalue weighted by Gasteiger charge is -2.26. The number of halogens is 1. The van der Waals surface area contributed by atoms with Crippen LogP contribution in [0.4, 0.5) is 10.5 Å². The molecule has 1 aliphatic heterocycles. The van der Waals surface area contributed by atoms with Gasteiger partial charge in [0.2, 0.25) is 11.8 Å². The topological polar surface area (TPSA) is 66.5 Å². The van der Waals surface area contributed by atoms with Crippen molar-refractivity contribution in [3.63, 3.8) is 0 Å². The number of carbonyl (C=O) groups is 3. The summed E-state index contributed by atoms with van der Waals surface area (Å²) in [4.78, 5) is 36.1. The third kappa shape index (κ3) is 1.98. The zero-order valence-corrected chi connectivity index (χ0v) is 11.8. The largest absolute Gasteiger partial charge is 0.335 e. The molecule has 1 aliphatic rings. The lowest BCUT2D eigenvalue weighted by molar-refractivity contribution is -0.128. The number of carbonyl (C=O) groups excluding carboxylic acids is 3. The Kier molecular flexibility index (Phi) is 3.02. The minimum Gasteiger partial charge on any atom is -0.277 e. The number of benzene rings is 2. The molecular formula is C14H9BrN2O3. The standard InChI is InChI=1S/C14H9BrN2O3/c15-10-5-6-11(9-4-2-1-3-8(9)10)17-13(19)7-12(18)16-14(17)20/h1-6H,7H2,(H,16,18,20). The Morgan fingerprint density at radius 2 is 1.70 bits per heavy atom. The van der Waals surface area contributed by atoms with Gasteiger partial charge in [0.25, 0.3) is 0 Å². The van der Waals surface area contributed by atoms with Crippen LogP contribution in [-0.4, -0.2) is 17.8 Å². The van der Waals surface area contributed by atoms with E-state index in [1.54, 1.807) is 12.1 Å². The molecule has 1 fully saturated rings. The number of anilines is 1. The Morgan fingerprint density at radius 3 is 2.40 bits per heavy atom. The lowest BCUT2D eigenvalue weighted by Crippen LogP contribution is -2.53. The number of barbiturate groups is 1. The van der Waals surface area contributed by atoms with Gasteiger partial charge in [-0.25, -0.2) is 9.69 Å². The fourth-order valence-electron chi connectivity index (χ4n) is 2.23. The van der Waals surface area contributed by atoms with Gasteiger partial charge >= 0.3 is 6.03 Å². The summed E-state index contributed by atoms with van der Waals surface area (Å²) in [5.41, 5.74) is 0.471. The molecule has 0 aliphatic carbocycles. The molecule has 20 heavy (non-hydrogen) atoms. The van der Waals surface area contributed by atoms with Crippen molar-refractivity contribution in [3.05, 3.63) is 40.9 Å². The average molecular weight is 333 g/mol. The molecule has 1 saturated heterocycles. The molecule has 6 heteroatoms. The highest BCUT2D eigenvalue weighted by Gasteiger charge is 2.32. The minimum atomic E-state index is -0.710. The minimum absolute atomic E-state index is 0.323. The molecule has 0 radical (unpaired) electrons. The number of fused-ring (bicyclic) bond motifs is 1. The molecule has 2 aromatic carbocycles. The van der Waals surface area contributed by atoms with E-state index in [0.717, 1.165) is 20.1 Å². The van der Waals surface area contributed by atoms with Gasteiger partial charge < -0.3 is 0 Å². The summed E-state index contributed by atoms with van der Waals surface area (Å²) in [6.45, 7) is 0. The van der Waals surface area contributed by atoms with E-state index < -0.39 is 17.8 Å². The van der Waals surface area contributed by atoms with Crippen molar-refractivity contribution < 1.29 is 14.4 Å². The summed E-state index contributed by atoms with van der Waals surface area (Å²) in [6.07, 6.45) is -0.323. The zero-order chi connectivity index (χ0) is 14.3. The Labute approximate surface area is 122 Å². The molecule has 2 aromatic rings. The van der Waals surface area contributed by atoms with Crippen LogP contribution < -0.4 is 10.2 Å². The van der Waals surface area contributed by atoms with Gasteiger partial charge in [-0.05, 0) is 17.5 Å². The van der Waals surface area contributed by atoms with E-state index in [0.29, 0.717) is 5.69 Å². The van der Waals surface area contributed by atoms with Gasteiger partial charge in [-0.1, -0.05) is 40.2 Å². The van der Waals surface area contributed by atoms with Crippen LogP contribution in [0.2, 0.25) is 0 Å². The second-order valence-corrected chi connectivity index (χ2v) is 5.23. The number of nitrogens with zero attached hydrogens (tertiary/aromatic N) is 1. The Balaban J connectivity index is 2.20. The van der Waals surface area contributed by atoms with Crippen LogP contribution in [0, 0.1) is 0 Å². The van der Waals surface area contributed by atoms with Gasteiger partial charge in [0, 0.05) is 9.86 Å². The van der Waals surface area contributed by atoms with Gasteiger partial charge in [-0.2, -0.15) is 0 Å². The number of hydrogen-bond donors (Lipinski definition) is 1. The van der Waals surface area contributed by atoms with Crippen LogP contribution in [0.15, 0.2) is 40.9 Å². The van der Waals surface area contributed by atoms with E-state index in [9.17, 15) is 14.4 Å². The maximum Gasteiger partial charge on any atom is 0.335 e. The Bertz CT molecular complexity index is 737. The van der Waals surface area contributed by atoms with E-state index in [1.807, 2.05) is 24.3 Å². The predicted molar refractivity (Wildman–Crippen MR) is 77.3 cm³/mol. The molecule has 5 nitrogen and oxygen atoms in total. The molecule has 0 spiro atoms. The first-order valence-electron chi connectivity index (χ1n) is 5.92. The molecule has 1 N–H and O–H groups in total. The zero-order valence-electron chi connectivity index (χ0n) is 10.2. The Hall–Kier alpha value is -2.21. The summed E-state index contributed by atoms with van der Waals surface area (Å²) in [6, 6.07) is 10.2. The van der Waals surface area contributed by atoms with E-state index >= 15 is 0 Å². The van der Waals surface area contributed by atoms with E-state index in [2.05, 4.69) is 21.2 Å². The first-order valence-corrected chi connectivity index (χ1v) is 6.71. The summed E-state index contributed by atoms with van der Waals surface area (Å²) in [5, 5.41) is 3.81. The second kappa shape index (κ2) is 4.72. The number of nitrogens with one attached hydrogen (secondary N) is 1. The third-order valence-corrected chi connectivity index (χ3v) is 3.79. The summed E-state index contributed by atoms with van der Waals surface area (Å²) >= 11 is 3.44. The van der Waals surface area contributed by atoms with Crippen LogP contribution in [0.5, 0.6) is 0 Å². The molecule has 4 amide bonds. The summed E-state index contributed by atoms with van der Waals surface area (Å²) in [5.74, 6) is -1.09. The van der Waals surface area contributed by atoms with Crippen molar-refractivity contribution in [1.82, 2.24) is 5.32 Å². The van der Waals surface area contributed by atoms with Crippen molar-refractivity contribution in [2.24, 2.45) is 0 Å². The molecule has 0 atom stereocenters. The quantitative estimate of drug-likeness (QED) is 0.816. The van der Waals surface area contributed by atoms with Crippen LogP contribution in [0.3, 0.4) is 0 Å². The highest BCUT2D eigenvalue weighted by molar-refractivity contribution is 9.10. The van der Waals surface area contributed by atoms with Crippen molar-refractivity contribution in [2.45, 2.75) is 6.42 Å². The first-order chi connectivity index (χ1) is 9.58. The van der Waals surface area contributed by atoms with Gasteiger partial charge in [0.05, 0.1) is 5.69 Å². The normalized spacial score (nSPS) is 15.7. The number of amides is 4. The molecule has 0 unspecified atom stereocenters. The van der Waals surface area contributed by atoms with Crippen LogP contribution in [0.1, 0.15) is 6.42 Å². The molecule has 100 valence electrons. The van der Waals surface area contributed by atoms with Crippen molar-refractivity contribution in [1.29, 1.82) is 0 Å². The smallest absolute Gasteiger partial charge is 0.277 e. The average Bonchev–Trinajstić information content (AvgIpc) is 2.40. The number of rotatable bonds is 1. The lowest BCUT2D eigenvalue weighted by atomic mass is 10.1. The highest BCUT2D eigenvalue weighted by Crippen LogP contribution is 2.33. The molecule has 0 aromatic heterocycles. The number of urea groups is 1.